The molecule has 37 heavy (non-hydrogen) atoms. The summed E-state index contributed by atoms with van der Waals surface area (Å²) >= 11 is 0. The molecule has 0 radical (unpaired) electrons. The molecule has 186 valence electrons. The molecule has 3 aromatic heterocycles. The predicted molar refractivity (Wildman–Crippen MR) is 140 cm³/mol. The summed E-state index contributed by atoms with van der Waals surface area (Å²) in [5.74, 6) is 3.99. The first-order valence-electron chi connectivity index (χ1n) is 12.4. The highest BCUT2D eigenvalue weighted by atomic mass is 16.5. The molecular weight excluding hydrogens is 468 g/mol. The normalized spacial score (nSPS) is 19.0. The van der Waals surface area contributed by atoms with Gasteiger partial charge in [0.1, 0.15) is 28.9 Å². The van der Waals surface area contributed by atoms with E-state index in [1.54, 1.807) is 12.5 Å². The van der Waals surface area contributed by atoms with Crippen LogP contribution in [0.3, 0.4) is 0 Å². The number of fused-ring (bicyclic) bond motifs is 3. The monoisotopic (exact) mass is 494 g/mol. The van der Waals surface area contributed by atoms with E-state index in [0.29, 0.717) is 34.6 Å². The maximum atomic E-state index is 6.17. The molecule has 10 heteroatoms. The van der Waals surface area contributed by atoms with Crippen LogP contribution in [0.1, 0.15) is 5.56 Å². The van der Waals surface area contributed by atoms with E-state index in [1.165, 1.54) is 6.33 Å². The average molecular weight is 495 g/mol. The smallest absolute Gasteiger partial charge is 0.226 e. The van der Waals surface area contributed by atoms with Gasteiger partial charge < -0.3 is 24.3 Å². The molecule has 5 aromatic rings. The van der Waals surface area contributed by atoms with E-state index in [0.717, 1.165) is 60.1 Å². The van der Waals surface area contributed by atoms with Crippen molar-refractivity contribution in [2.45, 2.75) is 6.92 Å². The van der Waals surface area contributed by atoms with Gasteiger partial charge in [0.15, 0.2) is 5.82 Å². The topological polar surface area (TPSA) is 103 Å². The third-order valence-corrected chi connectivity index (χ3v) is 7.25. The van der Waals surface area contributed by atoms with Gasteiger partial charge >= 0.3 is 0 Å². The second-order valence-electron chi connectivity index (χ2n) is 9.80. The molecule has 10 nitrogen and oxygen atoms in total. The number of nitrogens with one attached hydrogen (secondary N) is 1. The minimum absolute atomic E-state index is 0.554. The number of imidazole rings is 1. The van der Waals surface area contributed by atoms with Crippen molar-refractivity contribution in [1.29, 1.82) is 0 Å². The van der Waals surface area contributed by atoms with Crippen LogP contribution in [0.2, 0.25) is 0 Å². The first-order valence-corrected chi connectivity index (χ1v) is 12.4. The van der Waals surface area contributed by atoms with E-state index in [4.69, 9.17) is 14.5 Å². The zero-order valence-corrected chi connectivity index (χ0v) is 20.6. The Hall–Kier alpha value is -4.31. The molecule has 0 unspecified atom stereocenters. The van der Waals surface area contributed by atoms with Gasteiger partial charge in [-0.3, -0.25) is 0 Å². The highest BCUT2D eigenvalue weighted by Gasteiger charge is 2.38. The zero-order chi connectivity index (χ0) is 24.9. The first kappa shape index (κ1) is 21.9. The number of aromatic nitrogens is 6. The van der Waals surface area contributed by atoms with Gasteiger partial charge in [-0.25, -0.2) is 24.9 Å². The van der Waals surface area contributed by atoms with E-state index in [-0.39, 0.29) is 0 Å². The summed E-state index contributed by atoms with van der Waals surface area (Å²) in [6.45, 7) is 5.50. The summed E-state index contributed by atoms with van der Waals surface area (Å²) in [6, 6.07) is 11.9. The van der Waals surface area contributed by atoms with Crippen molar-refractivity contribution >= 4 is 39.5 Å². The summed E-state index contributed by atoms with van der Waals surface area (Å²) in [6.07, 6.45) is 5.11. The van der Waals surface area contributed by atoms with E-state index in [1.807, 2.05) is 54.9 Å². The van der Waals surface area contributed by atoms with Gasteiger partial charge in [0, 0.05) is 43.7 Å². The van der Waals surface area contributed by atoms with Gasteiger partial charge in [0.25, 0.3) is 0 Å². The molecule has 0 spiro atoms. The Labute approximate surface area is 213 Å². The van der Waals surface area contributed by atoms with Crippen molar-refractivity contribution in [3.05, 3.63) is 60.8 Å². The Morgan fingerprint density at radius 1 is 0.973 bits per heavy atom. The molecule has 2 atom stereocenters. The van der Waals surface area contributed by atoms with Crippen molar-refractivity contribution in [2.24, 2.45) is 18.9 Å². The number of rotatable bonds is 5. The Morgan fingerprint density at radius 3 is 2.68 bits per heavy atom. The number of hydrogen-bond acceptors (Lipinski definition) is 9. The predicted octanol–water partition coefficient (Wildman–Crippen LogP) is 4.23. The summed E-state index contributed by atoms with van der Waals surface area (Å²) in [7, 11) is 1.98. The number of nitrogens with zero attached hydrogens (tertiary/aromatic N) is 7. The van der Waals surface area contributed by atoms with E-state index >= 15 is 0 Å². The average Bonchev–Trinajstić information content (AvgIpc) is 3.61. The van der Waals surface area contributed by atoms with Crippen LogP contribution in [0.5, 0.6) is 11.5 Å². The minimum Gasteiger partial charge on any atom is -0.457 e. The lowest BCUT2D eigenvalue weighted by atomic mass is 10.0. The molecule has 2 aromatic carbocycles. The maximum Gasteiger partial charge on any atom is 0.226 e. The SMILES string of the molecule is Cc1cc(Nc2ncnc3cnc(N4C[C@H]5COC[C@H]5C4)nc23)ccc1Oc1ccc2c(c1)ncn2C. The molecule has 7 rings (SSSR count). The number of aryl methyl sites for hydroxylation is 2. The fourth-order valence-electron chi connectivity index (χ4n) is 5.22. The molecule has 0 amide bonds. The summed E-state index contributed by atoms with van der Waals surface area (Å²) in [5, 5.41) is 3.42. The van der Waals surface area contributed by atoms with Crippen molar-refractivity contribution < 1.29 is 9.47 Å². The summed E-state index contributed by atoms with van der Waals surface area (Å²) in [5.41, 5.74) is 5.24. The molecule has 0 saturated carbocycles. The molecule has 2 saturated heterocycles. The number of hydrogen-bond donors (Lipinski definition) is 1. The van der Waals surface area contributed by atoms with Crippen molar-refractivity contribution in [3.8, 4) is 11.5 Å². The van der Waals surface area contributed by atoms with Gasteiger partial charge in [0.05, 0.1) is 36.8 Å². The molecule has 2 aliphatic rings. The van der Waals surface area contributed by atoms with Crippen LogP contribution in [0.4, 0.5) is 17.5 Å². The van der Waals surface area contributed by atoms with Crippen molar-refractivity contribution in [3.63, 3.8) is 0 Å². The molecule has 5 heterocycles. The van der Waals surface area contributed by atoms with Crippen LogP contribution in [0.25, 0.3) is 22.1 Å². The van der Waals surface area contributed by atoms with Gasteiger partial charge in [-0.05, 0) is 42.8 Å². The minimum atomic E-state index is 0.554. The number of ether oxygens (including phenoxy) is 2. The van der Waals surface area contributed by atoms with Gasteiger partial charge in [-0.1, -0.05) is 0 Å². The third kappa shape index (κ3) is 3.99. The molecular formula is C27H26N8O2. The lowest BCUT2D eigenvalue weighted by Crippen LogP contribution is -2.24. The second-order valence-corrected chi connectivity index (χ2v) is 9.80. The number of anilines is 3. The lowest BCUT2D eigenvalue weighted by Gasteiger charge is -2.18. The van der Waals surface area contributed by atoms with E-state index in [2.05, 4.69) is 30.2 Å². The lowest BCUT2D eigenvalue weighted by molar-refractivity contribution is 0.177. The van der Waals surface area contributed by atoms with E-state index < -0.39 is 0 Å². The Morgan fingerprint density at radius 2 is 1.84 bits per heavy atom. The van der Waals surface area contributed by atoms with Crippen LogP contribution in [-0.4, -0.2) is 55.8 Å². The first-order chi connectivity index (χ1) is 18.1. The number of benzene rings is 2. The van der Waals surface area contributed by atoms with Crippen LogP contribution >= 0.6 is 0 Å². The molecule has 2 fully saturated rings. The second kappa shape index (κ2) is 8.67. The van der Waals surface area contributed by atoms with Crippen molar-refractivity contribution in [1.82, 2.24) is 29.5 Å². The van der Waals surface area contributed by atoms with Gasteiger partial charge in [-0.2, -0.15) is 0 Å². The van der Waals surface area contributed by atoms with Crippen molar-refractivity contribution in [2.75, 3.05) is 36.5 Å². The highest BCUT2D eigenvalue weighted by molar-refractivity contribution is 5.87. The zero-order valence-electron chi connectivity index (χ0n) is 20.6. The molecule has 0 aliphatic carbocycles. The Balaban J connectivity index is 1.13. The van der Waals surface area contributed by atoms with Crippen LogP contribution in [0.15, 0.2) is 55.2 Å². The molecule has 2 aliphatic heterocycles. The highest BCUT2D eigenvalue weighted by Crippen LogP contribution is 2.33. The molecule has 0 bridgehead atoms. The van der Waals surface area contributed by atoms with Crippen LogP contribution in [-0.2, 0) is 11.8 Å². The Bertz CT molecular complexity index is 1620. The summed E-state index contributed by atoms with van der Waals surface area (Å²) in [4.78, 5) is 25.0. The maximum absolute atomic E-state index is 6.17. The standard InChI is InChI=1S/C27H26N8O2/c1-16-7-19(3-6-24(16)37-20-4-5-23-21(8-20)31-15-34(23)2)32-26-25-22(29-14-30-26)9-28-27(33-25)35-10-17-12-36-13-18(17)11-35/h3-9,14-15,17-18H,10-13H2,1-2H3,(H,29,30,32)/t17-,18+. The summed E-state index contributed by atoms with van der Waals surface area (Å²) < 4.78 is 13.8. The van der Waals surface area contributed by atoms with Crippen LogP contribution in [0, 0.1) is 18.8 Å². The fourth-order valence-corrected chi connectivity index (χ4v) is 5.22. The quantitative estimate of drug-likeness (QED) is 0.384. The largest absolute Gasteiger partial charge is 0.457 e. The Kier molecular flexibility index (Phi) is 5.14. The van der Waals surface area contributed by atoms with Crippen LogP contribution < -0.4 is 15.0 Å². The molecule has 1 N–H and O–H groups in total. The fraction of sp³-hybridized carbons (Fsp3) is 0.296. The third-order valence-electron chi connectivity index (χ3n) is 7.25. The van der Waals surface area contributed by atoms with Gasteiger partial charge in [0.2, 0.25) is 5.95 Å². The van der Waals surface area contributed by atoms with E-state index in [9.17, 15) is 0 Å². The van der Waals surface area contributed by atoms with Gasteiger partial charge in [-0.15, -0.1) is 0 Å².